The summed E-state index contributed by atoms with van der Waals surface area (Å²) in [5.41, 5.74) is 1.71. The third kappa shape index (κ3) is 5.40. The van der Waals surface area contributed by atoms with Gasteiger partial charge in [-0.1, -0.05) is 23.2 Å². The normalized spacial score (nSPS) is 10.7. The van der Waals surface area contributed by atoms with Crippen molar-refractivity contribution >= 4 is 52.5 Å². The van der Waals surface area contributed by atoms with Gasteiger partial charge in [-0.3, -0.25) is 9.59 Å². The van der Waals surface area contributed by atoms with E-state index in [1.54, 1.807) is 54.6 Å². The van der Waals surface area contributed by atoms with Gasteiger partial charge in [-0.15, -0.1) is 0 Å². The summed E-state index contributed by atoms with van der Waals surface area (Å²) >= 11 is 12.1. The van der Waals surface area contributed by atoms with Crippen molar-refractivity contribution in [2.75, 3.05) is 17.7 Å². The third-order valence-corrected chi connectivity index (χ3v) is 4.31. The number of amides is 2. The lowest BCUT2D eigenvalue weighted by atomic mass is 10.2. The zero-order valence-electron chi connectivity index (χ0n) is 15.2. The molecule has 0 atom stereocenters. The number of benzene rings is 2. The number of carbonyl (C=O) groups excluding carboxylic acids is 2. The number of halogens is 2. The smallest absolute Gasteiger partial charge is 0.291 e. The van der Waals surface area contributed by atoms with Crippen molar-refractivity contribution in [2.24, 2.45) is 0 Å². The molecular formula is C21H16Cl2N2O4. The minimum absolute atomic E-state index is 0.212. The van der Waals surface area contributed by atoms with Gasteiger partial charge in [0.15, 0.2) is 5.76 Å². The summed E-state index contributed by atoms with van der Waals surface area (Å²) in [6.07, 6.45) is 4.33. The number of methoxy groups -OCH3 is 1. The zero-order chi connectivity index (χ0) is 20.8. The Balaban J connectivity index is 1.62. The van der Waals surface area contributed by atoms with E-state index in [4.69, 9.17) is 32.4 Å². The number of nitrogens with one attached hydrogen (secondary N) is 2. The molecule has 6 nitrogen and oxygen atoms in total. The highest BCUT2D eigenvalue weighted by atomic mass is 35.5. The second kappa shape index (κ2) is 9.32. The molecule has 0 bridgehead atoms. The van der Waals surface area contributed by atoms with E-state index in [1.807, 2.05) is 0 Å². The van der Waals surface area contributed by atoms with Crippen LogP contribution < -0.4 is 15.4 Å². The van der Waals surface area contributed by atoms with Crippen molar-refractivity contribution < 1.29 is 18.7 Å². The second-order valence-corrected chi connectivity index (χ2v) is 6.69. The Kier molecular flexibility index (Phi) is 6.59. The van der Waals surface area contributed by atoms with E-state index in [0.29, 0.717) is 32.7 Å². The second-order valence-electron chi connectivity index (χ2n) is 5.84. The van der Waals surface area contributed by atoms with Crippen molar-refractivity contribution in [1.82, 2.24) is 0 Å². The molecule has 1 heterocycles. The fourth-order valence-electron chi connectivity index (χ4n) is 2.51. The van der Waals surface area contributed by atoms with Gasteiger partial charge in [-0.2, -0.15) is 0 Å². The maximum Gasteiger partial charge on any atom is 0.291 e. The molecule has 8 heteroatoms. The lowest BCUT2D eigenvalue weighted by Gasteiger charge is -2.08. The lowest BCUT2D eigenvalue weighted by Crippen LogP contribution is -2.11. The Morgan fingerprint density at radius 3 is 2.34 bits per heavy atom. The van der Waals surface area contributed by atoms with Gasteiger partial charge in [0.2, 0.25) is 5.91 Å². The Morgan fingerprint density at radius 2 is 1.72 bits per heavy atom. The van der Waals surface area contributed by atoms with Crippen molar-refractivity contribution in [2.45, 2.75) is 0 Å². The monoisotopic (exact) mass is 430 g/mol. The van der Waals surface area contributed by atoms with Crippen molar-refractivity contribution in [1.29, 1.82) is 0 Å². The topological polar surface area (TPSA) is 80.6 Å². The fraction of sp³-hybridized carbons (Fsp3) is 0.0476. The molecule has 0 aliphatic heterocycles. The van der Waals surface area contributed by atoms with Crippen LogP contribution in [0.4, 0.5) is 11.4 Å². The van der Waals surface area contributed by atoms with Crippen LogP contribution in [0.2, 0.25) is 10.0 Å². The molecule has 0 unspecified atom stereocenters. The van der Waals surface area contributed by atoms with Crippen LogP contribution in [0.25, 0.3) is 6.08 Å². The predicted octanol–water partition coefficient (Wildman–Crippen LogP) is 5.50. The molecule has 0 saturated heterocycles. The zero-order valence-corrected chi connectivity index (χ0v) is 16.8. The van der Waals surface area contributed by atoms with E-state index in [-0.39, 0.29) is 17.6 Å². The molecule has 2 N–H and O–H groups in total. The quantitative estimate of drug-likeness (QED) is 0.505. The summed E-state index contributed by atoms with van der Waals surface area (Å²) in [7, 11) is 1.48. The Hall–Kier alpha value is -3.22. The van der Waals surface area contributed by atoms with E-state index in [9.17, 15) is 9.59 Å². The SMILES string of the molecule is COc1c(Cl)cc(Cl)cc1/C=C/C(=O)Nc1ccc(NC(=O)c2ccco2)cc1. The van der Waals surface area contributed by atoms with Crippen LogP contribution in [-0.4, -0.2) is 18.9 Å². The summed E-state index contributed by atoms with van der Waals surface area (Å²) in [5, 5.41) is 6.21. The first-order chi connectivity index (χ1) is 14.0. The molecule has 2 aromatic carbocycles. The first kappa shape index (κ1) is 20.5. The van der Waals surface area contributed by atoms with Gasteiger partial charge in [-0.05, 0) is 54.6 Å². The Morgan fingerprint density at radius 1 is 1.03 bits per heavy atom. The van der Waals surface area contributed by atoms with E-state index in [1.165, 1.54) is 19.4 Å². The van der Waals surface area contributed by atoms with Crippen molar-refractivity contribution in [3.05, 3.63) is 82.2 Å². The minimum atomic E-state index is -0.358. The summed E-state index contributed by atoms with van der Waals surface area (Å²) < 4.78 is 10.3. The van der Waals surface area contributed by atoms with Crippen LogP contribution in [0, 0.1) is 0 Å². The molecule has 0 aliphatic rings. The number of hydrogen-bond acceptors (Lipinski definition) is 4. The van der Waals surface area contributed by atoms with Gasteiger partial charge < -0.3 is 19.8 Å². The number of rotatable bonds is 6. The Bertz CT molecular complexity index is 1050. The highest BCUT2D eigenvalue weighted by Gasteiger charge is 2.09. The first-order valence-electron chi connectivity index (χ1n) is 8.43. The maximum atomic E-state index is 12.2. The number of carbonyl (C=O) groups is 2. The number of furan rings is 1. The summed E-state index contributed by atoms with van der Waals surface area (Å²) in [4.78, 5) is 24.1. The minimum Gasteiger partial charge on any atom is -0.495 e. The van der Waals surface area contributed by atoms with Gasteiger partial charge in [0.05, 0.1) is 18.4 Å². The lowest BCUT2D eigenvalue weighted by molar-refractivity contribution is -0.111. The molecule has 29 heavy (non-hydrogen) atoms. The van der Waals surface area contributed by atoms with Crippen LogP contribution in [0.5, 0.6) is 5.75 Å². The van der Waals surface area contributed by atoms with Crippen LogP contribution in [0.1, 0.15) is 16.1 Å². The van der Waals surface area contributed by atoms with Crippen LogP contribution in [0.3, 0.4) is 0 Å². The first-order valence-corrected chi connectivity index (χ1v) is 9.19. The molecule has 0 radical (unpaired) electrons. The van der Waals surface area contributed by atoms with Crippen LogP contribution in [-0.2, 0) is 4.79 Å². The number of anilines is 2. The van der Waals surface area contributed by atoms with Gasteiger partial charge in [0.25, 0.3) is 5.91 Å². The van der Waals surface area contributed by atoms with E-state index < -0.39 is 0 Å². The average molecular weight is 431 g/mol. The van der Waals surface area contributed by atoms with Crippen LogP contribution >= 0.6 is 23.2 Å². The average Bonchev–Trinajstić information content (AvgIpc) is 3.22. The van der Waals surface area contributed by atoms with E-state index >= 15 is 0 Å². The van der Waals surface area contributed by atoms with E-state index in [0.717, 1.165) is 0 Å². The van der Waals surface area contributed by atoms with Crippen molar-refractivity contribution in [3.8, 4) is 5.75 Å². The fourth-order valence-corrected chi connectivity index (χ4v) is 3.09. The van der Waals surface area contributed by atoms with Gasteiger partial charge in [0, 0.05) is 28.0 Å². The number of hydrogen-bond donors (Lipinski definition) is 2. The maximum absolute atomic E-state index is 12.2. The molecule has 3 aromatic rings. The molecule has 0 spiro atoms. The van der Waals surface area contributed by atoms with Gasteiger partial charge in [0.1, 0.15) is 5.75 Å². The molecule has 0 fully saturated rings. The summed E-state index contributed by atoms with van der Waals surface area (Å²) in [6, 6.07) is 13.1. The predicted molar refractivity (Wildman–Crippen MR) is 114 cm³/mol. The molecule has 148 valence electrons. The highest BCUT2D eigenvalue weighted by molar-refractivity contribution is 6.36. The Labute approximate surface area is 177 Å². The molecule has 0 saturated carbocycles. The van der Waals surface area contributed by atoms with Crippen LogP contribution in [0.15, 0.2) is 65.3 Å². The standard InChI is InChI=1S/C21H16Cl2N2O4/c1-28-20-13(11-14(22)12-17(20)23)4-9-19(26)24-15-5-7-16(8-6-15)25-21(27)18-3-2-10-29-18/h2-12H,1H3,(H,24,26)(H,25,27)/b9-4+. The van der Waals surface area contributed by atoms with Gasteiger partial charge >= 0.3 is 0 Å². The third-order valence-electron chi connectivity index (χ3n) is 3.81. The summed E-state index contributed by atoms with van der Waals surface area (Å²) in [5.74, 6) is -0.0693. The molecule has 3 rings (SSSR count). The van der Waals surface area contributed by atoms with E-state index in [2.05, 4.69) is 10.6 Å². The summed E-state index contributed by atoms with van der Waals surface area (Å²) in [6.45, 7) is 0. The highest BCUT2D eigenvalue weighted by Crippen LogP contribution is 2.33. The molecule has 1 aromatic heterocycles. The number of ether oxygens (including phenoxy) is 1. The van der Waals surface area contributed by atoms with Gasteiger partial charge in [-0.25, -0.2) is 0 Å². The molecular weight excluding hydrogens is 415 g/mol. The van der Waals surface area contributed by atoms with Crippen molar-refractivity contribution in [3.63, 3.8) is 0 Å². The molecule has 2 amide bonds. The molecule has 0 aliphatic carbocycles. The largest absolute Gasteiger partial charge is 0.495 e.